The van der Waals surface area contributed by atoms with Crippen molar-refractivity contribution in [1.82, 2.24) is 0 Å². The van der Waals surface area contributed by atoms with Crippen LogP contribution >= 0.6 is 27.3 Å². The van der Waals surface area contributed by atoms with Crippen molar-refractivity contribution in [3.05, 3.63) is 55.9 Å². The van der Waals surface area contributed by atoms with Crippen LogP contribution in [-0.4, -0.2) is 0 Å². The van der Waals surface area contributed by atoms with Crippen LogP contribution in [0.15, 0.2) is 34.8 Å². The van der Waals surface area contributed by atoms with Gasteiger partial charge in [0.2, 0.25) is 0 Å². The third-order valence-electron chi connectivity index (χ3n) is 2.58. The van der Waals surface area contributed by atoms with Crippen molar-refractivity contribution in [3.8, 4) is 0 Å². The minimum atomic E-state index is -0.205. The van der Waals surface area contributed by atoms with Crippen LogP contribution in [0.1, 0.15) is 21.4 Å². The molecule has 4 heteroatoms. The molecule has 0 radical (unpaired) electrons. The maximum atomic E-state index is 13.6. The molecule has 90 valence electrons. The van der Waals surface area contributed by atoms with Gasteiger partial charge in [-0.15, -0.1) is 11.3 Å². The zero-order chi connectivity index (χ0) is 12.4. The normalized spacial score (nSPS) is 12.7. The maximum Gasteiger partial charge on any atom is 0.127 e. The number of thiophene rings is 1. The molecule has 0 aliphatic heterocycles. The summed E-state index contributed by atoms with van der Waals surface area (Å²) in [4.78, 5) is 2.33. The lowest BCUT2D eigenvalue weighted by Crippen LogP contribution is -2.12. The Kier molecular flexibility index (Phi) is 3.97. The number of hydrogen-bond donors (Lipinski definition) is 1. The Bertz CT molecular complexity index is 524. The Balaban J connectivity index is 2.15. The fourth-order valence-electron chi connectivity index (χ4n) is 1.68. The standard InChI is InChI=1S/C13H13BrFNS/c1-8-2-5-13(17-8)12(16)6-9-3-4-10(14)7-11(9)15/h2-5,7,12H,6,16H2,1H3. The third-order valence-corrected chi connectivity index (χ3v) is 4.21. The van der Waals surface area contributed by atoms with Gasteiger partial charge >= 0.3 is 0 Å². The lowest BCUT2D eigenvalue weighted by atomic mass is 10.1. The summed E-state index contributed by atoms with van der Waals surface area (Å²) in [5.74, 6) is -0.205. The fourth-order valence-corrected chi connectivity index (χ4v) is 2.89. The van der Waals surface area contributed by atoms with Crippen molar-refractivity contribution in [2.45, 2.75) is 19.4 Å². The zero-order valence-corrected chi connectivity index (χ0v) is 11.8. The van der Waals surface area contributed by atoms with E-state index in [-0.39, 0.29) is 11.9 Å². The lowest BCUT2D eigenvalue weighted by molar-refractivity contribution is 0.594. The van der Waals surface area contributed by atoms with Gasteiger partial charge < -0.3 is 5.73 Å². The molecule has 0 saturated carbocycles. The minimum Gasteiger partial charge on any atom is -0.323 e. The molecule has 1 atom stereocenters. The van der Waals surface area contributed by atoms with E-state index in [2.05, 4.69) is 15.9 Å². The zero-order valence-electron chi connectivity index (χ0n) is 9.41. The van der Waals surface area contributed by atoms with E-state index in [1.54, 1.807) is 17.4 Å². The van der Waals surface area contributed by atoms with E-state index in [0.29, 0.717) is 12.0 Å². The summed E-state index contributed by atoms with van der Waals surface area (Å²) < 4.78 is 14.4. The van der Waals surface area contributed by atoms with Crippen molar-refractivity contribution < 1.29 is 4.39 Å². The number of benzene rings is 1. The predicted octanol–water partition coefficient (Wildman–Crippen LogP) is 4.20. The molecule has 0 spiro atoms. The topological polar surface area (TPSA) is 26.0 Å². The van der Waals surface area contributed by atoms with Gasteiger partial charge in [-0.25, -0.2) is 4.39 Å². The van der Waals surface area contributed by atoms with Gasteiger partial charge in [-0.2, -0.15) is 0 Å². The highest BCUT2D eigenvalue weighted by molar-refractivity contribution is 9.10. The van der Waals surface area contributed by atoms with Crippen LogP contribution in [0.25, 0.3) is 0 Å². The Morgan fingerprint density at radius 1 is 1.35 bits per heavy atom. The van der Waals surface area contributed by atoms with Crippen molar-refractivity contribution >= 4 is 27.3 Å². The summed E-state index contributed by atoms with van der Waals surface area (Å²) in [6.45, 7) is 2.04. The van der Waals surface area contributed by atoms with Crippen LogP contribution in [0.4, 0.5) is 4.39 Å². The average Bonchev–Trinajstić information content (AvgIpc) is 2.69. The molecule has 17 heavy (non-hydrogen) atoms. The Labute approximate surface area is 113 Å². The second-order valence-corrected chi connectivity index (χ2v) is 6.23. The largest absolute Gasteiger partial charge is 0.323 e. The van der Waals surface area contributed by atoms with E-state index in [0.717, 1.165) is 9.35 Å². The first-order valence-corrected chi connectivity index (χ1v) is 6.93. The van der Waals surface area contributed by atoms with Gasteiger partial charge in [0, 0.05) is 20.3 Å². The molecule has 1 aromatic heterocycles. The molecule has 0 saturated heterocycles. The molecule has 2 N–H and O–H groups in total. The Hall–Kier alpha value is -0.710. The van der Waals surface area contributed by atoms with Gasteiger partial charge in [0.25, 0.3) is 0 Å². The van der Waals surface area contributed by atoms with Crippen molar-refractivity contribution in [2.75, 3.05) is 0 Å². The van der Waals surface area contributed by atoms with Crippen LogP contribution in [0.3, 0.4) is 0 Å². The smallest absolute Gasteiger partial charge is 0.127 e. The number of hydrogen-bond acceptors (Lipinski definition) is 2. The quantitative estimate of drug-likeness (QED) is 0.903. The van der Waals surface area contributed by atoms with E-state index in [1.807, 2.05) is 25.1 Å². The molecule has 1 aromatic carbocycles. The number of rotatable bonds is 3. The molecule has 2 aromatic rings. The van der Waals surface area contributed by atoms with Crippen LogP contribution in [0, 0.1) is 12.7 Å². The molecular weight excluding hydrogens is 301 g/mol. The number of aryl methyl sites for hydroxylation is 1. The lowest BCUT2D eigenvalue weighted by Gasteiger charge is -2.10. The molecule has 1 heterocycles. The van der Waals surface area contributed by atoms with E-state index >= 15 is 0 Å². The average molecular weight is 314 g/mol. The van der Waals surface area contributed by atoms with Crippen LogP contribution in [-0.2, 0) is 6.42 Å². The van der Waals surface area contributed by atoms with Crippen LogP contribution < -0.4 is 5.73 Å². The van der Waals surface area contributed by atoms with Gasteiger partial charge in [0.1, 0.15) is 5.82 Å². The molecule has 1 unspecified atom stereocenters. The van der Waals surface area contributed by atoms with E-state index < -0.39 is 0 Å². The SMILES string of the molecule is Cc1ccc(C(N)Cc2ccc(Br)cc2F)s1. The highest BCUT2D eigenvalue weighted by Gasteiger charge is 2.12. The molecule has 2 rings (SSSR count). The van der Waals surface area contributed by atoms with Crippen molar-refractivity contribution in [1.29, 1.82) is 0 Å². The van der Waals surface area contributed by atoms with Gasteiger partial charge in [-0.05, 0) is 43.2 Å². The minimum absolute atomic E-state index is 0.135. The Morgan fingerprint density at radius 3 is 2.71 bits per heavy atom. The van der Waals surface area contributed by atoms with Crippen molar-refractivity contribution in [3.63, 3.8) is 0 Å². The van der Waals surface area contributed by atoms with Crippen molar-refractivity contribution in [2.24, 2.45) is 5.73 Å². The number of halogens is 2. The first-order valence-electron chi connectivity index (χ1n) is 5.32. The van der Waals surface area contributed by atoms with Gasteiger partial charge in [0.05, 0.1) is 0 Å². The van der Waals surface area contributed by atoms with E-state index in [9.17, 15) is 4.39 Å². The highest BCUT2D eigenvalue weighted by atomic mass is 79.9. The molecule has 0 amide bonds. The molecular formula is C13H13BrFNS. The summed E-state index contributed by atoms with van der Waals surface area (Å²) >= 11 is 4.91. The molecule has 0 aliphatic carbocycles. The van der Waals surface area contributed by atoms with Gasteiger partial charge in [0.15, 0.2) is 0 Å². The highest BCUT2D eigenvalue weighted by Crippen LogP contribution is 2.25. The summed E-state index contributed by atoms with van der Waals surface area (Å²) in [6.07, 6.45) is 0.527. The van der Waals surface area contributed by atoms with E-state index in [1.165, 1.54) is 10.9 Å². The first kappa shape index (κ1) is 12.7. The summed E-state index contributed by atoms with van der Waals surface area (Å²) in [5, 5.41) is 0. The first-order chi connectivity index (χ1) is 8.06. The third kappa shape index (κ3) is 3.15. The van der Waals surface area contributed by atoms with Crippen LogP contribution in [0.5, 0.6) is 0 Å². The monoisotopic (exact) mass is 313 g/mol. The molecule has 0 aliphatic rings. The summed E-state index contributed by atoms with van der Waals surface area (Å²) in [6, 6.07) is 9.01. The number of nitrogens with two attached hydrogens (primary N) is 1. The van der Waals surface area contributed by atoms with Gasteiger partial charge in [-0.1, -0.05) is 22.0 Å². The summed E-state index contributed by atoms with van der Waals surface area (Å²) in [5.41, 5.74) is 6.74. The molecule has 1 nitrogen and oxygen atoms in total. The predicted molar refractivity (Wildman–Crippen MR) is 73.8 cm³/mol. The second-order valence-electron chi connectivity index (χ2n) is 3.99. The van der Waals surface area contributed by atoms with E-state index in [4.69, 9.17) is 5.73 Å². The van der Waals surface area contributed by atoms with Crippen LogP contribution in [0.2, 0.25) is 0 Å². The summed E-state index contributed by atoms with van der Waals surface area (Å²) in [7, 11) is 0. The maximum absolute atomic E-state index is 13.6. The van der Waals surface area contributed by atoms with Gasteiger partial charge in [-0.3, -0.25) is 0 Å². The fraction of sp³-hybridized carbons (Fsp3) is 0.231. The molecule has 0 fully saturated rings. The molecule has 0 bridgehead atoms. The Morgan fingerprint density at radius 2 is 2.12 bits per heavy atom. The second kappa shape index (κ2) is 5.29.